The van der Waals surface area contributed by atoms with Crippen molar-refractivity contribution in [3.05, 3.63) is 75.8 Å². The van der Waals surface area contributed by atoms with Crippen molar-refractivity contribution in [2.75, 3.05) is 25.6 Å². The minimum Gasteiger partial charge on any atom is -0.495 e. The van der Waals surface area contributed by atoms with Crippen LogP contribution in [0.5, 0.6) is 5.75 Å². The Balaban J connectivity index is 1.39. The maximum Gasteiger partial charge on any atom is 0.252 e. The van der Waals surface area contributed by atoms with Gasteiger partial charge < -0.3 is 19.6 Å². The predicted molar refractivity (Wildman–Crippen MR) is 161 cm³/mol. The van der Waals surface area contributed by atoms with Crippen molar-refractivity contribution in [2.45, 2.75) is 44.2 Å². The molecule has 1 amide bonds. The Bertz CT molecular complexity index is 1720. The van der Waals surface area contributed by atoms with Gasteiger partial charge in [-0.2, -0.15) is 5.10 Å². The lowest BCUT2D eigenvalue weighted by molar-refractivity contribution is -0.121. The van der Waals surface area contributed by atoms with Gasteiger partial charge in [0, 0.05) is 66.0 Å². The molecule has 2 aliphatic rings. The molecule has 0 aliphatic carbocycles. The summed E-state index contributed by atoms with van der Waals surface area (Å²) < 4.78 is 15.0. The fraction of sp³-hybridized carbons (Fsp3) is 0.355. The molecular weight excluding hydrogens is 558 g/mol. The molecule has 1 saturated heterocycles. The molecule has 2 aromatic carbocycles. The number of carbonyl (C=O) groups is 1. The van der Waals surface area contributed by atoms with Gasteiger partial charge in [-0.1, -0.05) is 22.8 Å². The van der Waals surface area contributed by atoms with Gasteiger partial charge in [-0.25, -0.2) is 0 Å². The second kappa shape index (κ2) is 12.0. The minimum absolute atomic E-state index is 0.146. The summed E-state index contributed by atoms with van der Waals surface area (Å²) in [5.74, 6) is 0.113. The topological polar surface area (TPSA) is 109 Å². The quantitative estimate of drug-likeness (QED) is 0.298. The molecule has 2 atom stereocenters. The molecule has 0 saturated carbocycles. The van der Waals surface area contributed by atoms with Crippen LogP contribution in [0.2, 0.25) is 5.02 Å². The van der Waals surface area contributed by atoms with Crippen LogP contribution in [0, 0.1) is 0 Å². The number of nitrogens with zero attached hydrogens (tertiary/aromatic N) is 4. The van der Waals surface area contributed by atoms with Crippen LogP contribution >= 0.6 is 11.6 Å². The Hall–Kier alpha value is -4.15. The number of anilines is 1. The smallest absolute Gasteiger partial charge is 0.252 e. The number of methoxy groups -OCH3 is 1. The zero-order valence-electron chi connectivity index (χ0n) is 23.5. The van der Waals surface area contributed by atoms with Crippen molar-refractivity contribution in [1.29, 1.82) is 0 Å². The molecule has 10 nitrogen and oxygen atoms in total. The van der Waals surface area contributed by atoms with Gasteiger partial charge in [0.15, 0.2) is 0 Å². The van der Waals surface area contributed by atoms with Gasteiger partial charge in [0.05, 0.1) is 30.6 Å². The van der Waals surface area contributed by atoms with Gasteiger partial charge in [-0.15, -0.1) is 0 Å². The number of amides is 1. The van der Waals surface area contributed by atoms with Crippen LogP contribution in [0.25, 0.3) is 22.0 Å². The zero-order valence-corrected chi connectivity index (χ0v) is 24.3. The Morgan fingerprint density at radius 1 is 1.12 bits per heavy atom. The number of pyridine rings is 1. The SMILES string of the molecule is COc1cn(C(CC2CCCCO2)C(=O)Nc2ccc3nn(C)cc3c2)c(=O)cc1-c1cc(Cl)ccc1C1=NOCC1. The largest absolute Gasteiger partial charge is 0.495 e. The minimum atomic E-state index is -0.834. The van der Waals surface area contributed by atoms with Crippen LogP contribution in [0.4, 0.5) is 5.69 Å². The molecule has 0 radical (unpaired) electrons. The molecule has 1 N–H and O–H groups in total. The average Bonchev–Trinajstić information content (AvgIpc) is 3.65. The van der Waals surface area contributed by atoms with Crippen molar-refractivity contribution in [3.63, 3.8) is 0 Å². The van der Waals surface area contributed by atoms with E-state index in [1.54, 1.807) is 23.0 Å². The van der Waals surface area contributed by atoms with Crippen molar-refractivity contribution in [2.24, 2.45) is 12.2 Å². The van der Waals surface area contributed by atoms with Crippen molar-refractivity contribution in [1.82, 2.24) is 14.3 Å². The van der Waals surface area contributed by atoms with Gasteiger partial charge >= 0.3 is 0 Å². The summed E-state index contributed by atoms with van der Waals surface area (Å²) in [5.41, 5.74) is 3.94. The lowest BCUT2D eigenvalue weighted by Gasteiger charge is -2.28. The summed E-state index contributed by atoms with van der Waals surface area (Å²) in [6.07, 6.45) is 7.16. The van der Waals surface area contributed by atoms with E-state index in [2.05, 4.69) is 15.6 Å². The molecular formula is C31H32ClN5O5. The van der Waals surface area contributed by atoms with Gasteiger partial charge in [-0.3, -0.25) is 18.8 Å². The fourth-order valence-corrected chi connectivity index (χ4v) is 5.85. The van der Waals surface area contributed by atoms with E-state index in [0.717, 1.165) is 41.4 Å². The van der Waals surface area contributed by atoms with E-state index in [1.807, 2.05) is 37.5 Å². The molecule has 4 aromatic rings. The Morgan fingerprint density at radius 2 is 2.00 bits per heavy atom. The first kappa shape index (κ1) is 28.0. The third kappa shape index (κ3) is 5.77. The number of hydrogen-bond donors (Lipinski definition) is 1. The number of nitrogens with one attached hydrogen (secondary N) is 1. The number of halogens is 1. The van der Waals surface area contributed by atoms with Crippen LogP contribution < -0.4 is 15.6 Å². The first-order valence-electron chi connectivity index (χ1n) is 14.0. The monoisotopic (exact) mass is 589 g/mol. The summed E-state index contributed by atoms with van der Waals surface area (Å²) in [7, 11) is 3.39. The molecule has 11 heteroatoms. The van der Waals surface area contributed by atoms with Crippen LogP contribution in [-0.2, 0) is 21.4 Å². The standard InChI is InChI=1S/C31H32ClN5O5/c1-36-17-19-13-21(7-9-26(19)34-36)33-31(39)28(15-22-5-3-4-11-41-22)37-18-29(40-2)25(16-30(37)38)24-14-20(32)6-8-23(24)27-10-12-42-35-27/h6-9,13-14,16-18,22,28H,3-5,10-12,15H2,1-2H3,(H,33,39). The lowest BCUT2D eigenvalue weighted by Crippen LogP contribution is -2.36. The normalized spacial score (nSPS) is 17.5. The molecule has 2 aliphatic heterocycles. The predicted octanol–water partition coefficient (Wildman–Crippen LogP) is 5.33. The summed E-state index contributed by atoms with van der Waals surface area (Å²) >= 11 is 6.39. The number of hydrogen-bond acceptors (Lipinski definition) is 7. The number of fused-ring (bicyclic) bond motifs is 1. The third-order valence-electron chi connectivity index (χ3n) is 7.74. The van der Waals surface area contributed by atoms with E-state index in [-0.39, 0.29) is 17.6 Å². The van der Waals surface area contributed by atoms with Crippen molar-refractivity contribution >= 4 is 39.8 Å². The highest BCUT2D eigenvalue weighted by atomic mass is 35.5. The number of aryl methyl sites for hydroxylation is 1. The molecule has 42 heavy (non-hydrogen) atoms. The number of carbonyl (C=O) groups excluding carboxylic acids is 1. The highest BCUT2D eigenvalue weighted by Gasteiger charge is 2.29. The highest BCUT2D eigenvalue weighted by Crippen LogP contribution is 2.35. The lowest BCUT2D eigenvalue weighted by atomic mass is 9.95. The summed E-state index contributed by atoms with van der Waals surface area (Å²) in [6.45, 7) is 1.13. The molecule has 4 heterocycles. The Labute approximate surface area is 247 Å². The van der Waals surface area contributed by atoms with E-state index in [0.29, 0.717) is 53.6 Å². The third-order valence-corrected chi connectivity index (χ3v) is 7.97. The Morgan fingerprint density at radius 3 is 2.76 bits per heavy atom. The van der Waals surface area contributed by atoms with Gasteiger partial charge in [0.1, 0.15) is 18.4 Å². The number of ether oxygens (including phenoxy) is 2. The van der Waals surface area contributed by atoms with Gasteiger partial charge in [0.2, 0.25) is 5.91 Å². The highest BCUT2D eigenvalue weighted by molar-refractivity contribution is 6.31. The van der Waals surface area contributed by atoms with Crippen molar-refractivity contribution in [3.8, 4) is 16.9 Å². The van der Waals surface area contributed by atoms with Crippen LogP contribution in [0.1, 0.15) is 43.7 Å². The molecule has 2 unspecified atom stereocenters. The van der Waals surface area contributed by atoms with E-state index in [9.17, 15) is 9.59 Å². The second-order valence-corrected chi connectivity index (χ2v) is 11.1. The number of aromatic nitrogens is 3. The molecule has 218 valence electrons. The first-order valence-corrected chi connectivity index (χ1v) is 14.4. The molecule has 6 rings (SSSR count). The van der Waals surface area contributed by atoms with Gasteiger partial charge in [0.25, 0.3) is 5.56 Å². The summed E-state index contributed by atoms with van der Waals surface area (Å²) in [6, 6.07) is 11.6. The molecule has 2 aromatic heterocycles. The Kier molecular flexibility index (Phi) is 7.99. The van der Waals surface area contributed by atoms with E-state index < -0.39 is 6.04 Å². The summed E-state index contributed by atoms with van der Waals surface area (Å²) in [4.78, 5) is 32.9. The average molecular weight is 590 g/mol. The van der Waals surface area contributed by atoms with Crippen LogP contribution in [0.15, 0.2) is 64.8 Å². The summed E-state index contributed by atoms with van der Waals surface area (Å²) in [5, 5.41) is 13.0. The van der Waals surface area contributed by atoms with E-state index in [4.69, 9.17) is 25.9 Å². The molecule has 0 bridgehead atoms. The number of benzene rings is 2. The van der Waals surface area contributed by atoms with Crippen molar-refractivity contribution < 1.29 is 19.1 Å². The maximum atomic E-state index is 13.9. The first-order chi connectivity index (χ1) is 20.4. The maximum absolute atomic E-state index is 13.9. The fourth-order valence-electron chi connectivity index (χ4n) is 5.67. The van der Waals surface area contributed by atoms with Crippen LogP contribution in [0.3, 0.4) is 0 Å². The van der Waals surface area contributed by atoms with E-state index >= 15 is 0 Å². The van der Waals surface area contributed by atoms with Crippen LogP contribution in [-0.4, -0.2) is 52.4 Å². The number of oxime groups is 1. The molecule has 1 fully saturated rings. The molecule has 0 spiro atoms. The zero-order chi connectivity index (χ0) is 29.2. The van der Waals surface area contributed by atoms with Gasteiger partial charge in [-0.05, 0) is 55.2 Å². The number of rotatable bonds is 8. The second-order valence-electron chi connectivity index (χ2n) is 10.6. The van der Waals surface area contributed by atoms with E-state index in [1.165, 1.54) is 17.7 Å².